The summed E-state index contributed by atoms with van der Waals surface area (Å²) in [6, 6.07) is 14.4. The number of fused-ring (bicyclic) bond motifs is 1. The first-order valence-electron chi connectivity index (χ1n) is 8.14. The summed E-state index contributed by atoms with van der Waals surface area (Å²) >= 11 is 0. The zero-order chi connectivity index (χ0) is 15.8. The number of ketones is 1. The molecule has 0 aliphatic heterocycles. The van der Waals surface area contributed by atoms with Crippen LogP contribution in [0.15, 0.2) is 54.7 Å². The van der Waals surface area contributed by atoms with E-state index in [1.807, 2.05) is 24.4 Å². The summed E-state index contributed by atoms with van der Waals surface area (Å²) in [5.74, 6) is -0.493. The molecule has 116 valence electrons. The van der Waals surface area contributed by atoms with Crippen molar-refractivity contribution in [1.82, 2.24) is 4.57 Å². The SMILES string of the molecule is O=C(c1cccc(F)c1)c1cn(C2CCCC2)c2ccccc12. The molecule has 3 aromatic rings. The van der Waals surface area contributed by atoms with Gasteiger partial charge in [-0.25, -0.2) is 4.39 Å². The van der Waals surface area contributed by atoms with Gasteiger partial charge in [-0.3, -0.25) is 4.79 Å². The maximum Gasteiger partial charge on any atom is 0.195 e. The molecule has 0 amide bonds. The Bertz CT molecular complexity index is 874. The van der Waals surface area contributed by atoms with Gasteiger partial charge in [0.1, 0.15) is 5.82 Å². The van der Waals surface area contributed by atoms with E-state index >= 15 is 0 Å². The number of para-hydroxylation sites is 1. The number of nitrogens with zero attached hydrogens (tertiary/aromatic N) is 1. The second-order valence-electron chi connectivity index (χ2n) is 6.24. The lowest BCUT2D eigenvalue weighted by atomic mass is 10.0. The smallest absolute Gasteiger partial charge is 0.195 e. The Morgan fingerprint density at radius 3 is 2.61 bits per heavy atom. The van der Waals surface area contributed by atoms with Gasteiger partial charge in [-0.1, -0.05) is 43.2 Å². The molecule has 0 unspecified atom stereocenters. The van der Waals surface area contributed by atoms with Crippen LogP contribution in [-0.2, 0) is 0 Å². The topological polar surface area (TPSA) is 22.0 Å². The molecule has 0 saturated heterocycles. The number of carbonyl (C=O) groups is 1. The molecule has 0 N–H and O–H groups in total. The molecule has 4 rings (SSSR count). The van der Waals surface area contributed by atoms with E-state index in [9.17, 15) is 9.18 Å². The van der Waals surface area contributed by atoms with Crippen LogP contribution in [-0.4, -0.2) is 10.4 Å². The Hall–Kier alpha value is -2.42. The number of hydrogen-bond donors (Lipinski definition) is 0. The third-order valence-electron chi connectivity index (χ3n) is 4.79. The molecule has 0 radical (unpaired) electrons. The molecule has 0 bridgehead atoms. The Morgan fingerprint density at radius 1 is 1.04 bits per heavy atom. The monoisotopic (exact) mass is 307 g/mol. The first kappa shape index (κ1) is 14.2. The van der Waals surface area contributed by atoms with Crippen LogP contribution in [0.3, 0.4) is 0 Å². The fourth-order valence-electron chi connectivity index (χ4n) is 3.66. The van der Waals surface area contributed by atoms with E-state index in [-0.39, 0.29) is 11.6 Å². The average molecular weight is 307 g/mol. The maximum atomic E-state index is 13.5. The van der Waals surface area contributed by atoms with Crippen molar-refractivity contribution in [2.24, 2.45) is 0 Å². The van der Waals surface area contributed by atoms with E-state index in [0.717, 1.165) is 23.7 Å². The molecule has 0 atom stereocenters. The van der Waals surface area contributed by atoms with Gasteiger partial charge in [0, 0.05) is 34.3 Å². The van der Waals surface area contributed by atoms with E-state index in [1.54, 1.807) is 12.1 Å². The van der Waals surface area contributed by atoms with Gasteiger partial charge in [0.15, 0.2) is 5.78 Å². The van der Waals surface area contributed by atoms with Gasteiger partial charge >= 0.3 is 0 Å². The Kier molecular flexibility index (Phi) is 3.49. The number of aromatic nitrogens is 1. The highest BCUT2D eigenvalue weighted by atomic mass is 19.1. The highest BCUT2D eigenvalue weighted by Crippen LogP contribution is 2.34. The summed E-state index contributed by atoms with van der Waals surface area (Å²) in [6.45, 7) is 0. The van der Waals surface area contributed by atoms with E-state index < -0.39 is 0 Å². The van der Waals surface area contributed by atoms with E-state index in [0.29, 0.717) is 17.2 Å². The first-order chi connectivity index (χ1) is 11.2. The highest BCUT2D eigenvalue weighted by Gasteiger charge is 2.22. The van der Waals surface area contributed by atoms with Gasteiger partial charge in [-0.15, -0.1) is 0 Å². The van der Waals surface area contributed by atoms with Crippen molar-refractivity contribution in [1.29, 1.82) is 0 Å². The van der Waals surface area contributed by atoms with Crippen molar-refractivity contribution in [3.8, 4) is 0 Å². The molecule has 2 aromatic carbocycles. The third-order valence-corrected chi connectivity index (χ3v) is 4.79. The lowest BCUT2D eigenvalue weighted by Gasteiger charge is -2.12. The summed E-state index contributed by atoms with van der Waals surface area (Å²) in [7, 11) is 0. The second-order valence-corrected chi connectivity index (χ2v) is 6.24. The summed E-state index contributed by atoms with van der Waals surface area (Å²) in [4.78, 5) is 12.9. The zero-order valence-corrected chi connectivity index (χ0v) is 12.8. The van der Waals surface area contributed by atoms with Crippen LogP contribution < -0.4 is 0 Å². The van der Waals surface area contributed by atoms with Gasteiger partial charge < -0.3 is 4.57 Å². The average Bonchev–Trinajstić information content (AvgIpc) is 3.21. The van der Waals surface area contributed by atoms with Gasteiger partial charge in [-0.2, -0.15) is 0 Å². The van der Waals surface area contributed by atoms with E-state index in [1.165, 1.54) is 25.0 Å². The van der Waals surface area contributed by atoms with Crippen molar-refractivity contribution in [2.45, 2.75) is 31.7 Å². The summed E-state index contributed by atoms with van der Waals surface area (Å²) in [6.07, 6.45) is 6.77. The van der Waals surface area contributed by atoms with Crippen LogP contribution in [0.4, 0.5) is 4.39 Å². The zero-order valence-electron chi connectivity index (χ0n) is 12.8. The lowest BCUT2D eigenvalue weighted by molar-refractivity contribution is 0.103. The van der Waals surface area contributed by atoms with E-state index in [2.05, 4.69) is 10.6 Å². The van der Waals surface area contributed by atoms with Crippen LogP contribution in [0.2, 0.25) is 0 Å². The minimum Gasteiger partial charge on any atom is -0.344 e. The van der Waals surface area contributed by atoms with Crippen molar-refractivity contribution in [2.75, 3.05) is 0 Å². The van der Waals surface area contributed by atoms with E-state index in [4.69, 9.17) is 0 Å². The Balaban J connectivity index is 1.85. The molecule has 1 fully saturated rings. The molecule has 1 aliphatic rings. The van der Waals surface area contributed by atoms with Crippen LogP contribution in [0, 0.1) is 5.82 Å². The quantitative estimate of drug-likeness (QED) is 0.615. The van der Waals surface area contributed by atoms with Crippen molar-refractivity contribution in [3.05, 3.63) is 71.7 Å². The second kappa shape index (κ2) is 5.65. The van der Waals surface area contributed by atoms with Crippen LogP contribution >= 0.6 is 0 Å². The summed E-state index contributed by atoms with van der Waals surface area (Å²) in [5.41, 5.74) is 2.16. The standard InChI is InChI=1S/C20H18FNO/c21-15-7-5-6-14(12-15)20(23)18-13-22(16-8-1-2-9-16)19-11-4-3-10-17(18)19/h3-7,10-13,16H,1-2,8-9H2. The van der Waals surface area contributed by atoms with Crippen LogP contribution in [0.25, 0.3) is 10.9 Å². The van der Waals surface area contributed by atoms with Crippen LogP contribution in [0.1, 0.15) is 47.6 Å². The molecule has 1 aromatic heterocycles. The molecule has 3 heteroatoms. The lowest BCUT2D eigenvalue weighted by Crippen LogP contribution is -2.04. The van der Waals surface area contributed by atoms with Crippen molar-refractivity contribution >= 4 is 16.7 Å². The van der Waals surface area contributed by atoms with Gasteiger partial charge in [0.2, 0.25) is 0 Å². The molecule has 0 spiro atoms. The third kappa shape index (κ3) is 2.46. The molecule has 23 heavy (non-hydrogen) atoms. The molecular formula is C20H18FNO. The van der Waals surface area contributed by atoms with Crippen molar-refractivity contribution in [3.63, 3.8) is 0 Å². The number of hydrogen-bond acceptors (Lipinski definition) is 1. The maximum absolute atomic E-state index is 13.5. The minimum atomic E-state index is -0.379. The first-order valence-corrected chi connectivity index (χ1v) is 8.14. The Morgan fingerprint density at radius 2 is 1.83 bits per heavy atom. The molecular weight excluding hydrogens is 289 g/mol. The summed E-state index contributed by atoms with van der Waals surface area (Å²) in [5, 5.41) is 0.952. The number of halogens is 1. The Labute approximate surface area is 134 Å². The van der Waals surface area contributed by atoms with Gasteiger partial charge in [0.05, 0.1) is 0 Å². The highest BCUT2D eigenvalue weighted by molar-refractivity contribution is 6.16. The van der Waals surface area contributed by atoms with Crippen LogP contribution in [0.5, 0.6) is 0 Å². The molecule has 1 saturated carbocycles. The number of benzene rings is 2. The molecule has 1 heterocycles. The fraction of sp³-hybridized carbons (Fsp3) is 0.250. The minimum absolute atomic E-state index is 0.113. The summed E-state index contributed by atoms with van der Waals surface area (Å²) < 4.78 is 15.7. The van der Waals surface area contributed by atoms with Crippen molar-refractivity contribution < 1.29 is 9.18 Å². The van der Waals surface area contributed by atoms with Gasteiger partial charge in [-0.05, 0) is 31.0 Å². The largest absolute Gasteiger partial charge is 0.344 e. The number of carbonyl (C=O) groups excluding carboxylic acids is 1. The molecule has 1 aliphatic carbocycles. The number of rotatable bonds is 3. The van der Waals surface area contributed by atoms with Gasteiger partial charge in [0.25, 0.3) is 0 Å². The molecule has 2 nitrogen and oxygen atoms in total. The normalized spacial score (nSPS) is 15.3. The fourth-order valence-corrected chi connectivity index (χ4v) is 3.66. The predicted octanol–water partition coefficient (Wildman–Crippen LogP) is 5.13. The predicted molar refractivity (Wildman–Crippen MR) is 89.3 cm³/mol.